The van der Waals surface area contributed by atoms with Crippen LogP contribution in [0.4, 0.5) is 8.63 Å². The normalized spacial score (nSPS) is 16.0. The van der Waals surface area contributed by atoms with E-state index in [1.165, 1.54) is 11.3 Å². The molecule has 0 bridgehead atoms. The molecule has 1 amide bonds. The number of rotatable bonds is 5. The molecule has 0 unspecified atom stereocenters. The minimum absolute atomic E-state index is 0.228. The highest BCUT2D eigenvalue weighted by atomic mass is 32.1. The van der Waals surface area contributed by atoms with Gasteiger partial charge in [0, 0.05) is 40.1 Å². The number of carbonyl (C=O) groups excluding carboxylic acids is 1. The fourth-order valence-corrected chi connectivity index (χ4v) is 4.64. The number of hydrazine groups is 1. The first kappa shape index (κ1) is 19.5. The first-order valence-electron chi connectivity index (χ1n) is 9.55. The maximum absolute atomic E-state index is 15.9. The van der Waals surface area contributed by atoms with Crippen LogP contribution >= 0.6 is 11.3 Å². The SMILES string of the molecule is NNC(=O)COc1ccc(C2=[N+]3C(=Cc4ccc(-c5cccs5)n4[B-]3(F)F)C=C2)cc1. The number of fused-ring (bicyclic) bond motifs is 2. The largest absolute Gasteiger partial charge is 0.737 e. The summed E-state index contributed by atoms with van der Waals surface area (Å²) >= 11 is 1.43. The maximum Gasteiger partial charge on any atom is 0.737 e. The predicted molar refractivity (Wildman–Crippen MR) is 117 cm³/mol. The van der Waals surface area contributed by atoms with Crippen LogP contribution in [0.3, 0.4) is 0 Å². The summed E-state index contributed by atoms with van der Waals surface area (Å²) < 4.78 is 39.3. The molecule has 0 spiro atoms. The number of nitrogens with two attached hydrogens (primary N) is 1. The number of halogens is 2. The minimum atomic E-state index is -4.10. The summed E-state index contributed by atoms with van der Waals surface area (Å²) in [6.07, 6.45) is 5.15. The van der Waals surface area contributed by atoms with Gasteiger partial charge in [0.15, 0.2) is 18.0 Å². The fourth-order valence-electron chi connectivity index (χ4n) is 3.90. The Morgan fingerprint density at radius 1 is 1.16 bits per heavy atom. The van der Waals surface area contributed by atoms with E-state index >= 15 is 8.63 Å². The molecule has 31 heavy (non-hydrogen) atoms. The van der Waals surface area contributed by atoms with E-state index in [4.69, 9.17) is 10.6 Å². The first-order valence-corrected chi connectivity index (χ1v) is 10.4. The van der Waals surface area contributed by atoms with Crippen LogP contribution in [0.15, 0.2) is 71.8 Å². The van der Waals surface area contributed by atoms with Crippen LogP contribution in [0.2, 0.25) is 0 Å². The van der Waals surface area contributed by atoms with Gasteiger partial charge in [0.05, 0.1) is 0 Å². The molecule has 4 heterocycles. The number of allylic oxidation sites excluding steroid dienone is 2. The molecule has 0 saturated carbocycles. The van der Waals surface area contributed by atoms with Crippen LogP contribution in [0.5, 0.6) is 5.75 Å². The highest BCUT2D eigenvalue weighted by Gasteiger charge is 2.52. The molecule has 6 nitrogen and oxygen atoms in total. The van der Waals surface area contributed by atoms with Crippen LogP contribution in [0.1, 0.15) is 11.3 Å². The van der Waals surface area contributed by atoms with E-state index in [1.54, 1.807) is 54.6 Å². The number of benzene rings is 1. The van der Waals surface area contributed by atoms with Crippen LogP contribution in [0.25, 0.3) is 16.6 Å². The zero-order chi connectivity index (χ0) is 21.6. The molecule has 2 aromatic heterocycles. The molecule has 0 fully saturated rings. The van der Waals surface area contributed by atoms with Gasteiger partial charge in [-0.3, -0.25) is 10.2 Å². The Labute approximate surface area is 180 Å². The lowest BCUT2D eigenvalue weighted by Crippen LogP contribution is -2.50. The molecule has 3 aromatic rings. The third kappa shape index (κ3) is 3.20. The molecule has 0 saturated heterocycles. The second-order valence-corrected chi connectivity index (χ2v) is 8.07. The second kappa shape index (κ2) is 7.33. The molecule has 3 N–H and O–H groups in total. The Balaban J connectivity index is 1.53. The summed E-state index contributed by atoms with van der Waals surface area (Å²) in [5.74, 6) is 5.00. The van der Waals surface area contributed by atoms with Gasteiger partial charge in [-0.1, -0.05) is 6.07 Å². The molecule has 10 heteroatoms. The van der Waals surface area contributed by atoms with Crippen molar-refractivity contribution in [1.29, 1.82) is 0 Å². The van der Waals surface area contributed by atoms with E-state index in [-0.39, 0.29) is 6.61 Å². The molecular formula is C21H17BF2N4O2S. The van der Waals surface area contributed by atoms with E-state index in [0.29, 0.717) is 34.1 Å². The third-order valence-corrected chi connectivity index (χ3v) is 6.16. The Kier molecular flexibility index (Phi) is 4.60. The molecule has 5 rings (SSSR count). The van der Waals surface area contributed by atoms with Crippen molar-refractivity contribution in [2.45, 2.75) is 0 Å². The summed E-state index contributed by atoms with van der Waals surface area (Å²) in [6, 6.07) is 13.8. The molecule has 1 aromatic carbocycles. The molecule has 2 aliphatic heterocycles. The van der Waals surface area contributed by atoms with Crippen molar-refractivity contribution in [2.75, 3.05) is 6.61 Å². The number of nitrogens with zero attached hydrogens (tertiary/aromatic N) is 2. The molecule has 156 valence electrons. The summed E-state index contributed by atoms with van der Waals surface area (Å²) in [5.41, 5.74) is 4.42. The van der Waals surface area contributed by atoms with Gasteiger partial charge < -0.3 is 22.3 Å². The molecule has 0 aliphatic carbocycles. The van der Waals surface area contributed by atoms with Crippen molar-refractivity contribution in [3.63, 3.8) is 0 Å². The third-order valence-electron chi connectivity index (χ3n) is 5.27. The average molecular weight is 438 g/mol. The Hall–Kier alpha value is -3.50. The zero-order valence-corrected chi connectivity index (χ0v) is 17.0. The second-order valence-electron chi connectivity index (χ2n) is 7.12. The van der Waals surface area contributed by atoms with Crippen molar-refractivity contribution in [2.24, 2.45) is 5.84 Å². The summed E-state index contributed by atoms with van der Waals surface area (Å²) in [5, 5.41) is 1.88. The van der Waals surface area contributed by atoms with Crippen LogP contribution < -0.4 is 16.0 Å². The fraction of sp³-hybridized carbons (Fsp3) is 0.0476. The van der Waals surface area contributed by atoms with E-state index in [2.05, 4.69) is 0 Å². The van der Waals surface area contributed by atoms with Crippen LogP contribution in [-0.2, 0) is 4.79 Å². The van der Waals surface area contributed by atoms with Crippen LogP contribution in [0, 0.1) is 0 Å². The molecule has 0 atom stereocenters. The average Bonchev–Trinajstić information content (AvgIpc) is 3.51. The van der Waals surface area contributed by atoms with Crippen molar-refractivity contribution in [1.82, 2.24) is 9.90 Å². The maximum atomic E-state index is 15.9. The Morgan fingerprint density at radius 3 is 2.68 bits per heavy atom. The highest BCUT2D eigenvalue weighted by Crippen LogP contribution is 2.37. The Morgan fingerprint density at radius 2 is 1.97 bits per heavy atom. The van der Waals surface area contributed by atoms with Gasteiger partial charge in [-0.15, -0.1) is 11.3 Å². The van der Waals surface area contributed by atoms with Gasteiger partial charge in [-0.05, 0) is 47.8 Å². The van der Waals surface area contributed by atoms with E-state index in [1.807, 2.05) is 22.9 Å². The monoisotopic (exact) mass is 438 g/mol. The number of hydrogen-bond acceptors (Lipinski definition) is 4. The number of ether oxygens (including phenoxy) is 1. The lowest BCUT2D eigenvalue weighted by Gasteiger charge is -2.30. The topological polar surface area (TPSA) is 72.3 Å². The van der Waals surface area contributed by atoms with Gasteiger partial charge in [-0.2, -0.15) is 0 Å². The van der Waals surface area contributed by atoms with Crippen molar-refractivity contribution in [3.05, 3.63) is 83.0 Å². The van der Waals surface area contributed by atoms with Crippen molar-refractivity contribution >= 4 is 36.0 Å². The first-order chi connectivity index (χ1) is 15.0. The van der Waals surface area contributed by atoms with Gasteiger partial charge >= 0.3 is 6.97 Å². The minimum Gasteiger partial charge on any atom is -0.484 e. The number of thiophene rings is 1. The number of hydrogen-bond donors (Lipinski definition) is 2. The van der Waals surface area contributed by atoms with Crippen molar-refractivity contribution in [3.8, 4) is 16.3 Å². The van der Waals surface area contributed by atoms with Gasteiger partial charge in [-0.25, -0.2) is 5.84 Å². The summed E-state index contributed by atoms with van der Waals surface area (Å²) in [4.78, 5) is 12.0. The highest BCUT2D eigenvalue weighted by molar-refractivity contribution is 7.13. The number of nitrogens with one attached hydrogen (secondary N) is 1. The summed E-state index contributed by atoms with van der Waals surface area (Å²) in [6.45, 7) is -4.33. The van der Waals surface area contributed by atoms with E-state index in [9.17, 15) is 4.79 Å². The van der Waals surface area contributed by atoms with Gasteiger partial charge in [0.25, 0.3) is 5.91 Å². The standard InChI is InChI=1S/C21H17BF2N4O2S/c23-22(24)27-15(12-16-6-10-19(28(16)22)20-2-1-11-31-20)5-9-18(27)14-3-7-17(8-4-14)30-13-21(29)26-25/h1-12H,13,25H2,(H,26,29). The quantitative estimate of drug-likeness (QED) is 0.278. The number of amides is 1. The van der Waals surface area contributed by atoms with Crippen molar-refractivity contribution < 1.29 is 22.6 Å². The smallest absolute Gasteiger partial charge is 0.484 e. The molecule has 0 radical (unpaired) electrons. The van der Waals surface area contributed by atoms with Gasteiger partial charge in [0.1, 0.15) is 5.75 Å². The van der Waals surface area contributed by atoms with Gasteiger partial charge in [0.2, 0.25) is 0 Å². The Bertz CT molecular complexity index is 1260. The molecular weight excluding hydrogens is 421 g/mol. The molecule has 2 aliphatic rings. The lowest BCUT2D eigenvalue weighted by molar-refractivity contribution is -0.360. The predicted octanol–water partition coefficient (Wildman–Crippen LogP) is 3.23. The van der Waals surface area contributed by atoms with Crippen LogP contribution in [-0.4, -0.2) is 34.2 Å². The lowest BCUT2D eigenvalue weighted by atomic mass is 9.90. The zero-order valence-electron chi connectivity index (χ0n) is 16.2. The van der Waals surface area contributed by atoms with E-state index < -0.39 is 12.9 Å². The summed E-state index contributed by atoms with van der Waals surface area (Å²) in [7, 11) is 0. The van der Waals surface area contributed by atoms with E-state index in [0.717, 1.165) is 13.8 Å². The number of carbonyl (C=O) groups is 1. The number of aromatic nitrogens is 1.